The Hall–Kier alpha value is -0.900. The molecule has 0 aromatic heterocycles. The highest BCUT2D eigenvalue weighted by atomic mass is 32.3. The van der Waals surface area contributed by atoms with Crippen molar-refractivity contribution in [2.75, 3.05) is 26.4 Å². The Kier molecular flexibility index (Phi) is 41.4. The Labute approximate surface area is 392 Å². The lowest BCUT2D eigenvalue weighted by atomic mass is 9.99. The molecule has 0 spiro atoms. The van der Waals surface area contributed by atoms with Gasteiger partial charge in [-0.2, -0.15) is 8.42 Å². The minimum Gasteiger partial charge on any atom is -0.457 e. The number of aliphatic hydroxyl groups excluding tert-OH is 3. The highest BCUT2D eigenvalue weighted by Crippen LogP contribution is 2.26. The van der Waals surface area contributed by atoms with Crippen LogP contribution in [0.15, 0.2) is 0 Å². The number of ether oxygens (including phenoxy) is 4. The van der Waals surface area contributed by atoms with E-state index in [0.29, 0.717) is 13.0 Å². The summed E-state index contributed by atoms with van der Waals surface area (Å²) in [6.07, 6.45) is 38.8. The molecule has 0 saturated carbocycles. The zero-order valence-corrected chi connectivity index (χ0v) is 41.9. The van der Waals surface area contributed by atoms with Gasteiger partial charge in [-0.25, -0.2) is 4.18 Å². The Balaban J connectivity index is 2.23. The minimum absolute atomic E-state index is 0.0449. The van der Waals surface area contributed by atoms with Crippen LogP contribution in [0.25, 0.3) is 0 Å². The van der Waals surface area contributed by atoms with E-state index in [1.54, 1.807) is 0 Å². The van der Waals surface area contributed by atoms with Gasteiger partial charge < -0.3 is 34.3 Å². The lowest BCUT2D eigenvalue weighted by Crippen LogP contribution is -2.60. The van der Waals surface area contributed by atoms with Gasteiger partial charge in [-0.05, 0) is 12.8 Å². The third-order valence-corrected chi connectivity index (χ3v) is 13.2. The molecular weight excluding hydrogens is 837 g/mol. The normalized spacial score (nSPS) is 19.6. The fraction of sp³-hybridized carbons (Fsp3) is 0.980. The molecule has 1 heterocycles. The van der Waals surface area contributed by atoms with E-state index in [4.69, 9.17) is 18.9 Å². The summed E-state index contributed by atoms with van der Waals surface area (Å²) in [5, 5.41) is 30.7. The summed E-state index contributed by atoms with van der Waals surface area (Å²) in [6.45, 7) is 4.04. The van der Waals surface area contributed by atoms with Crippen molar-refractivity contribution < 1.29 is 56.2 Å². The predicted molar refractivity (Wildman–Crippen MR) is 258 cm³/mol. The van der Waals surface area contributed by atoms with Crippen LogP contribution < -0.4 is 0 Å². The first-order valence-electron chi connectivity index (χ1n) is 26.8. The standard InChI is InChI=1S/C51H100O12S/c1-3-5-7-9-11-13-15-16-17-18-19-20-21-22-23-24-25-26-27-28-29-31-33-35-37-39-41-59-43-45(61-47(53)40-38-36-34-32-30-14-12-10-8-6-4-2)44-60-51-49(55)50(63-64(56,57)58)48(54)46(42-52)62-51/h45-46,48-52,54-55H,3-44H2,1-2H3,(H,56,57,58). The number of aliphatic hydroxyl groups is 3. The number of hydrogen-bond acceptors (Lipinski definition) is 11. The molecule has 1 saturated heterocycles. The topological polar surface area (TPSA) is 178 Å². The van der Waals surface area contributed by atoms with Crippen LogP contribution in [0.3, 0.4) is 0 Å². The zero-order chi connectivity index (χ0) is 46.8. The maximum Gasteiger partial charge on any atom is 0.397 e. The molecule has 6 atom stereocenters. The second-order valence-electron chi connectivity index (χ2n) is 18.8. The predicted octanol–water partition coefficient (Wildman–Crippen LogP) is 12.4. The van der Waals surface area contributed by atoms with Gasteiger partial charge in [0.2, 0.25) is 0 Å². The van der Waals surface area contributed by atoms with E-state index in [9.17, 15) is 33.1 Å². The van der Waals surface area contributed by atoms with E-state index < -0.39 is 59.8 Å². The quantitative estimate of drug-likeness (QED) is 0.0258. The molecule has 1 fully saturated rings. The zero-order valence-electron chi connectivity index (χ0n) is 41.1. The van der Waals surface area contributed by atoms with Crippen LogP contribution >= 0.6 is 0 Å². The fourth-order valence-electron chi connectivity index (χ4n) is 8.68. The molecule has 0 aromatic carbocycles. The third-order valence-electron chi connectivity index (χ3n) is 12.7. The number of rotatable bonds is 48. The fourth-order valence-corrected chi connectivity index (χ4v) is 9.18. The molecule has 382 valence electrons. The average Bonchev–Trinajstić information content (AvgIpc) is 3.27. The first-order valence-corrected chi connectivity index (χ1v) is 28.2. The Morgan fingerprint density at radius 1 is 0.531 bits per heavy atom. The number of unbranched alkanes of at least 4 members (excludes halogenated alkanes) is 35. The van der Waals surface area contributed by atoms with Crippen molar-refractivity contribution in [2.45, 2.75) is 295 Å². The van der Waals surface area contributed by atoms with Gasteiger partial charge in [0.25, 0.3) is 0 Å². The van der Waals surface area contributed by atoms with E-state index in [1.807, 2.05) is 0 Å². The lowest BCUT2D eigenvalue weighted by molar-refractivity contribution is -0.301. The molecular formula is C51H100O12S. The SMILES string of the molecule is CCCCCCCCCCCCCCCCCCCCCCCCCCCCOCC(COC1OC(CO)C(O)C(OS(=O)(=O)O)C1O)OC(=O)CCCCCCCCCCCCC. The summed E-state index contributed by atoms with van der Waals surface area (Å²) in [5.41, 5.74) is 0. The smallest absolute Gasteiger partial charge is 0.397 e. The molecule has 64 heavy (non-hydrogen) atoms. The number of carbonyl (C=O) groups is 1. The largest absolute Gasteiger partial charge is 0.457 e. The van der Waals surface area contributed by atoms with Gasteiger partial charge in [0, 0.05) is 13.0 Å². The van der Waals surface area contributed by atoms with Crippen LogP contribution in [-0.4, -0.2) is 97.5 Å². The van der Waals surface area contributed by atoms with E-state index in [-0.39, 0.29) is 19.6 Å². The van der Waals surface area contributed by atoms with Crippen LogP contribution in [-0.2, 0) is 38.3 Å². The van der Waals surface area contributed by atoms with E-state index in [2.05, 4.69) is 18.0 Å². The van der Waals surface area contributed by atoms with Crippen LogP contribution in [0.5, 0.6) is 0 Å². The minimum atomic E-state index is -5.06. The van der Waals surface area contributed by atoms with Gasteiger partial charge in [-0.1, -0.05) is 239 Å². The van der Waals surface area contributed by atoms with Gasteiger partial charge in [0.05, 0.1) is 19.8 Å². The van der Waals surface area contributed by atoms with Gasteiger partial charge in [0.1, 0.15) is 30.5 Å². The second kappa shape index (κ2) is 43.4. The molecule has 1 aliphatic rings. The molecule has 0 radical (unpaired) electrons. The molecule has 1 aliphatic heterocycles. The highest BCUT2D eigenvalue weighted by molar-refractivity contribution is 7.80. The van der Waals surface area contributed by atoms with Crippen molar-refractivity contribution in [3.05, 3.63) is 0 Å². The monoisotopic (exact) mass is 937 g/mol. The van der Waals surface area contributed by atoms with Crippen LogP contribution in [0.4, 0.5) is 0 Å². The van der Waals surface area contributed by atoms with Crippen LogP contribution in [0.1, 0.15) is 258 Å². The van der Waals surface area contributed by atoms with Crippen molar-refractivity contribution >= 4 is 16.4 Å². The summed E-state index contributed by atoms with van der Waals surface area (Å²) >= 11 is 0. The van der Waals surface area contributed by atoms with Gasteiger partial charge in [-0.3, -0.25) is 9.35 Å². The van der Waals surface area contributed by atoms with Gasteiger partial charge in [-0.15, -0.1) is 0 Å². The molecule has 1 rings (SSSR count). The second-order valence-corrected chi connectivity index (χ2v) is 19.9. The molecule has 0 aliphatic carbocycles. The average molecular weight is 937 g/mol. The van der Waals surface area contributed by atoms with Crippen molar-refractivity contribution in [2.24, 2.45) is 0 Å². The molecule has 4 N–H and O–H groups in total. The van der Waals surface area contributed by atoms with E-state index >= 15 is 0 Å². The van der Waals surface area contributed by atoms with Crippen molar-refractivity contribution in [1.29, 1.82) is 0 Å². The van der Waals surface area contributed by atoms with Crippen molar-refractivity contribution in [3.63, 3.8) is 0 Å². The number of esters is 1. The Morgan fingerprint density at radius 2 is 0.891 bits per heavy atom. The first kappa shape index (κ1) is 61.1. The summed E-state index contributed by atoms with van der Waals surface area (Å²) in [7, 11) is -5.06. The number of hydrogen-bond donors (Lipinski definition) is 4. The van der Waals surface area contributed by atoms with Crippen molar-refractivity contribution in [3.8, 4) is 0 Å². The van der Waals surface area contributed by atoms with Crippen molar-refractivity contribution in [1.82, 2.24) is 0 Å². The molecule has 0 amide bonds. The maximum atomic E-state index is 12.8. The van der Waals surface area contributed by atoms with Crippen LogP contribution in [0, 0.1) is 0 Å². The number of carbonyl (C=O) groups excluding carboxylic acids is 1. The first-order chi connectivity index (χ1) is 31.1. The summed E-state index contributed by atoms with van der Waals surface area (Å²) < 4.78 is 59.2. The van der Waals surface area contributed by atoms with Gasteiger partial charge >= 0.3 is 16.4 Å². The highest BCUT2D eigenvalue weighted by Gasteiger charge is 2.48. The van der Waals surface area contributed by atoms with Gasteiger partial charge in [0.15, 0.2) is 6.29 Å². The molecule has 12 nitrogen and oxygen atoms in total. The van der Waals surface area contributed by atoms with E-state index in [1.165, 1.54) is 193 Å². The summed E-state index contributed by atoms with van der Waals surface area (Å²) in [5.74, 6) is -0.394. The Morgan fingerprint density at radius 3 is 1.25 bits per heavy atom. The molecule has 0 aromatic rings. The molecule has 13 heteroatoms. The molecule has 6 unspecified atom stereocenters. The maximum absolute atomic E-state index is 12.8. The van der Waals surface area contributed by atoms with E-state index in [0.717, 1.165) is 38.5 Å². The molecule has 0 bridgehead atoms. The third kappa shape index (κ3) is 36.2. The summed E-state index contributed by atoms with van der Waals surface area (Å²) in [4.78, 5) is 12.8. The summed E-state index contributed by atoms with van der Waals surface area (Å²) in [6, 6.07) is 0. The van der Waals surface area contributed by atoms with Crippen LogP contribution in [0.2, 0.25) is 0 Å². The Bertz CT molecular complexity index is 1130. The lowest BCUT2D eigenvalue weighted by Gasteiger charge is -2.41.